The molecule has 0 bridgehead atoms. The molecule has 0 saturated carbocycles. The van der Waals surface area contributed by atoms with Gasteiger partial charge in [0, 0.05) is 41.7 Å². The van der Waals surface area contributed by atoms with Gasteiger partial charge in [-0.25, -0.2) is 0 Å². The maximum atomic E-state index is 2.23. The third-order valence-corrected chi connectivity index (χ3v) is 4.62. The van der Waals surface area contributed by atoms with Crippen LogP contribution in [0.1, 0.15) is 60.8 Å². The summed E-state index contributed by atoms with van der Waals surface area (Å²) in [5.74, 6) is 2.22. The third-order valence-electron chi connectivity index (χ3n) is 4.62. The van der Waals surface area contributed by atoms with E-state index in [-0.39, 0.29) is 41.7 Å². The first kappa shape index (κ1) is 24.8. The summed E-state index contributed by atoms with van der Waals surface area (Å²) in [5.41, 5.74) is 4.68. The molecule has 0 atom stereocenters. The van der Waals surface area contributed by atoms with Crippen molar-refractivity contribution in [3.63, 3.8) is 0 Å². The Bertz CT molecular complexity index is 468. The smallest absolute Gasteiger partial charge is 0 e. The van der Waals surface area contributed by atoms with Crippen LogP contribution in [0.4, 0.5) is 0 Å². The van der Waals surface area contributed by atoms with Gasteiger partial charge < -0.3 is 0 Å². The van der Waals surface area contributed by atoms with E-state index in [0.717, 1.165) is 17.8 Å². The van der Waals surface area contributed by atoms with Gasteiger partial charge >= 0.3 is 0 Å². The molecule has 0 radical (unpaired) electrons. The Morgan fingerprint density at radius 3 is 0.840 bits per heavy atom. The minimum atomic E-state index is 0. The summed E-state index contributed by atoms with van der Waals surface area (Å²) in [7, 11) is 0. The molecule has 0 saturated heterocycles. The van der Waals surface area contributed by atoms with Crippen molar-refractivity contribution in [2.24, 2.45) is 17.8 Å². The second-order valence-electron chi connectivity index (χ2n) is 7.59. The van der Waals surface area contributed by atoms with E-state index in [1.807, 2.05) is 0 Å². The number of hydrogen-bond donors (Lipinski definition) is 0. The van der Waals surface area contributed by atoms with E-state index in [0.29, 0.717) is 0 Å². The first-order valence-corrected chi connectivity index (χ1v) is 9.48. The van der Waals surface area contributed by atoms with Crippen molar-refractivity contribution in [3.05, 3.63) is 71.4 Å². The standard InChI is InChI=1S/3C8H12.Ce/c3*1-7(2)8-5-3-4-6-8;/h3*3-5,7H,6H2,1-2H3;. The van der Waals surface area contributed by atoms with Crippen LogP contribution in [0.5, 0.6) is 0 Å². The van der Waals surface area contributed by atoms with Crippen molar-refractivity contribution in [1.29, 1.82) is 0 Å². The number of rotatable bonds is 3. The van der Waals surface area contributed by atoms with E-state index >= 15 is 0 Å². The van der Waals surface area contributed by atoms with E-state index in [1.165, 1.54) is 19.3 Å². The molecule has 3 aliphatic carbocycles. The second kappa shape index (κ2) is 13.9. The van der Waals surface area contributed by atoms with Gasteiger partial charge in [0.25, 0.3) is 0 Å². The van der Waals surface area contributed by atoms with Crippen molar-refractivity contribution in [2.75, 3.05) is 0 Å². The van der Waals surface area contributed by atoms with Crippen LogP contribution in [0.2, 0.25) is 0 Å². The first-order valence-electron chi connectivity index (χ1n) is 9.48. The summed E-state index contributed by atoms with van der Waals surface area (Å²) in [4.78, 5) is 0. The summed E-state index contributed by atoms with van der Waals surface area (Å²) in [6.45, 7) is 13.4. The molecule has 0 nitrogen and oxygen atoms in total. The van der Waals surface area contributed by atoms with Gasteiger partial charge in [-0.1, -0.05) is 113 Å². The van der Waals surface area contributed by atoms with Gasteiger partial charge in [0.15, 0.2) is 0 Å². The Morgan fingerprint density at radius 2 is 0.760 bits per heavy atom. The molecule has 0 aromatic heterocycles. The van der Waals surface area contributed by atoms with Crippen LogP contribution in [-0.2, 0) is 0 Å². The van der Waals surface area contributed by atoms with Crippen LogP contribution in [0, 0.1) is 59.5 Å². The zero-order valence-corrected chi connectivity index (χ0v) is 20.2. The molecule has 0 aromatic rings. The molecule has 0 N–H and O–H groups in total. The monoisotopic (exact) mass is 464 g/mol. The average molecular weight is 465 g/mol. The summed E-state index contributed by atoms with van der Waals surface area (Å²) in [6.07, 6.45) is 23.2. The molecule has 3 aliphatic rings. The van der Waals surface area contributed by atoms with Gasteiger partial charge in [0.1, 0.15) is 0 Å². The molecule has 0 aliphatic heterocycles. The van der Waals surface area contributed by atoms with Crippen LogP contribution in [0.25, 0.3) is 0 Å². The molecule has 136 valence electrons. The van der Waals surface area contributed by atoms with Crippen molar-refractivity contribution < 1.29 is 41.7 Å². The van der Waals surface area contributed by atoms with Crippen LogP contribution >= 0.6 is 0 Å². The molecule has 0 amide bonds. The van der Waals surface area contributed by atoms with E-state index in [9.17, 15) is 0 Å². The Morgan fingerprint density at radius 1 is 0.520 bits per heavy atom. The van der Waals surface area contributed by atoms with Gasteiger partial charge in [0.2, 0.25) is 0 Å². The number of allylic oxidation sites excluding steroid dienone is 12. The number of hydrogen-bond acceptors (Lipinski definition) is 0. The van der Waals surface area contributed by atoms with Crippen LogP contribution in [0.15, 0.2) is 71.4 Å². The summed E-state index contributed by atoms with van der Waals surface area (Å²) in [6, 6.07) is 0. The molecule has 25 heavy (non-hydrogen) atoms. The summed E-state index contributed by atoms with van der Waals surface area (Å²) >= 11 is 0. The Balaban J connectivity index is 0.000000339. The average Bonchev–Trinajstić information content (AvgIpc) is 3.29. The van der Waals surface area contributed by atoms with E-state index in [2.05, 4.69) is 96.2 Å². The fraction of sp³-hybridized carbons (Fsp3) is 0.500. The fourth-order valence-corrected chi connectivity index (χ4v) is 2.68. The molecule has 0 spiro atoms. The second-order valence-corrected chi connectivity index (χ2v) is 7.59. The SMILES string of the molecule is CC(C)C1=CC=CC1.CC(C)C1=CC=CC1.CC(C)C1=CC=CC1.[Ce]. The van der Waals surface area contributed by atoms with Crippen LogP contribution in [-0.4, -0.2) is 0 Å². The van der Waals surface area contributed by atoms with Gasteiger partial charge in [-0.2, -0.15) is 0 Å². The first-order chi connectivity index (χ1) is 11.4. The van der Waals surface area contributed by atoms with Crippen molar-refractivity contribution in [1.82, 2.24) is 0 Å². The normalized spacial score (nSPS) is 16.9. The Hall–Kier alpha value is -0.183. The Labute approximate surface area is 190 Å². The molecule has 0 fully saturated rings. The third kappa shape index (κ3) is 10.5. The zero-order valence-electron chi connectivity index (χ0n) is 17.0. The summed E-state index contributed by atoms with van der Waals surface area (Å²) < 4.78 is 0. The maximum Gasteiger partial charge on any atom is 0 e. The van der Waals surface area contributed by atoms with E-state index < -0.39 is 0 Å². The zero-order chi connectivity index (χ0) is 17.9. The molecule has 0 aromatic carbocycles. The maximum absolute atomic E-state index is 2.23. The van der Waals surface area contributed by atoms with E-state index in [4.69, 9.17) is 0 Å². The van der Waals surface area contributed by atoms with Crippen molar-refractivity contribution in [2.45, 2.75) is 60.8 Å². The molecule has 0 unspecified atom stereocenters. The van der Waals surface area contributed by atoms with Gasteiger partial charge in [-0.05, 0) is 37.0 Å². The topological polar surface area (TPSA) is 0 Å². The predicted molar refractivity (Wildman–Crippen MR) is 110 cm³/mol. The summed E-state index contributed by atoms with van der Waals surface area (Å²) in [5, 5.41) is 0. The molecule has 1 heteroatoms. The van der Waals surface area contributed by atoms with Crippen molar-refractivity contribution in [3.8, 4) is 0 Å². The molecule has 0 heterocycles. The van der Waals surface area contributed by atoms with Crippen molar-refractivity contribution >= 4 is 0 Å². The quantitative estimate of drug-likeness (QED) is 0.404. The predicted octanol–water partition coefficient (Wildman–Crippen LogP) is 7.59. The molecule has 3 rings (SSSR count). The van der Waals surface area contributed by atoms with Gasteiger partial charge in [-0.3, -0.25) is 0 Å². The van der Waals surface area contributed by atoms with Gasteiger partial charge in [-0.15, -0.1) is 0 Å². The fourth-order valence-electron chi connectivity index (χ4n) is 2.68. The minimum Gasteiger partial charge on any atom is -0.0805 e. The van der Waals surface area contributed by atoms with E-state index in [1.54, 1.807) is 16.7 Å². The Kier molecular flexibility index (Phi) is 13.8. The molecular weight excluding hydrogens is 428 g/mol. The van der Waals surface area contributed by atoms with Crippen LogP contribution in [0.3, 0.4) is 0 Å². The molecular formula is C24H36Ce. The van der Waals surface area contributed by atoms with Gasteiger partial charge in [0.05, 0.1) is 0 Å². The largest absolute Gasteiger partial charge is 0.0805 e. The minimum absolute atomic E-state index is 0. The van der Waals surface area contributed by atoms with Crippen LogP contribution < -0.4 is 0 Å².